The van der Waals surface area contributed by atoms with E-state index in [2.05, 4.69) is 39.0 Å². The molecule has 0 spiro atoms. The Bertz CT molecular complexity index is 282. The van der Waals surface area contributed by atoms with Gasteiger partial charge in [-0.15, -0.1) is 0 Å². The van der Waals surface area contributed by atoms with E-state index in [0.717, 1.165) is 10.6 Å². The van der Waals surface area contributed by atoms with Crippen molar-refractivity contribution < 1.29 is 0 Å². The van der Waals surface area contributed by atoms with E-state index >= 15 is 0 Å². The molecule has 14 heavy (non-hydrogen) atoms. The van der Waals surface area contributed by atoms with Gasteiger partial charge in [0.05, 0.1) is 0 Å². The largest absolute Gasteiger partial charge is 0.0840 e. The first-order valence-corrected chi connectivity index (χ1v) is 5.55. The zero-order valence-corrected chi connectivity index (χ0v) is 10.9. The third kappa shape index (κ3) is 3.71. The molecule has 0 amide bonds. The summed E-state index contributed by atoms with van der Waals surface area (Å²) in [5.41, 5.74) is 2.62. The fourth-order valence-electron chi connectivity index (χ4n) is 1.06. The fourth-order valence-corrected chi connectivity index (χ4v) is 1.24. The summed E-state index contributed by atoms with van der Waals surface area (Å²) in [6, 6.07) is 6.26. The van der Waals surface area contributed by atoms with Crippen molar-refractivity contribution in [3.8, 4) is 0 Å². The van der Waals surface area contributed by atoms with Crippen LogP contribution in [0, 0.1) is 6.92 Å². The van der Waals surface area contributed by atoms with Gasteiger partial charge in [-0.2, -0.15) is 0 Å². The molecule has 0 unspecified atom stereocenters. The van der Waals surface area contributed by atoms with Crippen molar-refractivity contribution in [2.45, 2.75) is 47.0 Å². The summed E-state index contributed by atoms with van der Waals surface area (Å²) < 4.78 is 0. The quantitative estimate of drug-likeness (QED) is 0.570. The van der Waals surface area contributed by atoms with Crippen LogP contribution in [0.5, 0.6) is 0 Å². The lowest BCUT2D eigenvalue weighted by Crippen LogP contribution is -2.10. The summed E-state index contributed by atoms with van der Waals surface area (Å²) in [5, 5.41) is 0.863. The third-order valence-electron chi connectivity index (χ3n) is 2.04. The SMILES string of the molecule is CC.Cc1ccc(C(C)(C)C)cc1Cl. The number of hydrogen-bond acceptors (Lipinski definition) is 0. The summed E-state index contributed by atoms with van der Waals surface area (Å²) >= 11 is 6.02. The van der Waals surface area contributed by atoms with Crippen molar-refractivity contribution in [2.24, 2.45) is 0 Å². The minimum absolute atomic E-state index is 0.192. The van der Waals surface area contributed by atoms with Gasteiger partial charge >= 0.3 is 0 Å². The Labute approximate surface area is 93.3 Å². The number of halogens is 1. The molecule has 1 heteroatoms. The second-order valence-electron chi connectivity index (χ2n) is 4.21. The van der Waals surface area contributed by atoms with E-state index in [1.54, 1.807) is 0 Å². The molecule has 1 aromatic rings. The van der Waals surface area contributed by atoms with Gasteiger partial charge < -0.3 is 0 Å². The summed E-state index contributed by atoms with van der Waals surface area (Å²) in [4.78, 5) is 0. The molecular weight excluding hydrogens is 192 g/mol. The van der Waals surface area contributed by atoms with Gasteiger partial charge in [-0.05, 0) is 29.5 Å². The highest BCUT2D eigenvalue weighted by Crippen LogP contribution is 2.26. The molecule has 1 aromatic carbocycles. The lowest BCUT2D eigenvalue weighted by molar-refractivity contribution is 0.590. The second-order valence-corrected chi connectivity index (χ2v) is 4.62. The molecule has 0 nitrogen and oxygen atoms in total. The number of benzene rings is 1. The van der Waals surface area contributed by atoms with Crippen molar-refractivity contribution >= 4 is 11.6 Å². The summed E-state index contributed by atoms with van der Waals surface area (Å²) in [5.74, 6) is 0. The Balaban J connectivity index is 0.000000791. The van der Waals surface area contributed by atoms with Crippen LogP contribution >= 0.6 is 11.6 Å². The first kappa shape index (κ1) is 13.5. The van der Waals surface area contributed by atoms with E-state index in [4.69, 9.17) is 11.6 Å². The van der Waals surface area contributed by atoms with E-state index in [-0.39, 0.29) is 5.41 Å². The van der Waals surface area contributed by atoms with Gasteiger partial charge in [0, 0.05) is 5.02 Å². The molecule has 0 fully saturated rings. The average molecular weight is 213 g/mol. The molecule has 0 bridgehead atoms. The minimum atomic E-state index is 0.192. The Morgan fingerprint density at radius 2 is 1.57 bits per heavy atom. The van der Waals surface area contributed by atoms with Crippen LogP contribution in [0.2, 0.25) is 5.02 Å². The molecule has 0 atom stereocenters. The molecule has 0 aliphatic rings. The maximum absolute atomic E-state index is 6.02. The van der Waals surface area contributed by atoms with Crippen molar-refractivity contribution in [3.05, 3.63) is 34.3 Å². The van der Waals surface area contributed by atoms with Crippen LogP contribution in [0.15, 0.2) is 18.2 Å². The Hall–Kier alpha value is -0.490. The lowest BCUT2D eigenvalue weighted by atomic mass is 9.87. The first-order chi connectivity index (χ1) is 6.41. The molecule has 0 aliphatic heterocycles. The van der Waals surface area contributed by atoms with E-state index in [1.807, 2.05) is 20.8 Å². The fraction of sp³-hybridized carbons (Fsp3) is 0.538. The number of hydrogen-bond donors (Lipinski definition) is 0. The molecule has 0 saturated carbocycles. The zero-order valence-electron chi connectivity index (χ0n) is 10.1. The van der Waals surface area contributed by atoms with Crippen molar-refractivity contribution in [1.82, 2.24) is 0 Å². The highest BCUT2D eigenvalue weighted by molar-refractivity contribution is 6.31. The lowest BCUT2D eigenvalue weighted by Gasteiger charge is -2.19. The zero-order chi connectivity index (χ0) is 11.4. The molecular formula is C13H21Cl. The predicted octanol–water partition coefficient (Wildman–Crippen LogP) is 4.97. The van der Waals surface area contributed by atoms with E-state index in [9.17, 15) is 0 Å². The van der Waals surface area contributed by atoms with Gasteiger partial charge in [0.1, 0.15) is 0 Å². The Kier molecular flexibility index (Phi) is 5.22. The van der Waals surface area contributed by atoms with Crippen molar-refractivity contribution in [1.29, 1.82) is 0 Å². The van der Waals surface area contributed by atoms with Crippen molar-refractivity contribution in [3.63, 3.8) is 0 Å². The Morgan fingerprint density at radius 3 is 1.93 bits per heavy atom. The smallest absolute Gasteiger partial charge is 0.0438 e. The van der Waals surface area contributed by atoms with Gasteiger partial charge in [0.15, 0.2) is 0 Å². The first-order valence-electron chi connectivity index (χ1n) is 5.18. The maximum atomic E-state index is 6.02. The average Bonchev–Trinajstić information content (AvgIpc) is 2.11. The van der Waals surface area contributed by atoms with E-state index in [0.29, 0.717) is 0 Å². The predicted molar refractivity (Wildman–Crippen MR) is 66.2 cm³/mol. The van der Waals surface area contributed by atoms with Crippen LogP contribution in [0.1, 0.15) is 45.7 Å². The van der Waals surface area contributed by atoms with Crippen LogP contribution < -0.4 is 0 Å². The molecule has 0 radical (unpaired) electrons. The third-order valence-corrected chi connectivity index (χ3v) is 2.45. The summed E-state index contributed by atoms with van der Waals surface area (Å²) in [7, 11) is 0. The van der Waals surface area contributed by atoms with Crippen LogP contribution in [0.3, 0.4) is 0 Å². The van der Waals surface area contributed by atoms with Crippen LogP contribution in [-0.4, -0.2) is 0 Å². The topological polar surface area (TPSA) is 0 Å². The molecule has 0 saturated heterocycles. The van der Waals surface area contributed by atoms with E-state index in [1.165, 1.54) is 5.56 Å². The van der Waals surface area contributed by atoms with Crippen LogP contribution in [-0.2, 0) is 5.41 Å². The molecule has 0 aromatic heterocycles. The molecule has 0 N–H and O–H groups in total. The Morgan fingerprint density at radius 1 is 1.07 bits per heavy atom. The van der Waals surface area contributed by atoms with Gasteiger partial charge in [0.25, 0.3) is 0 Å². The monoisotopic (exact) mass is 212 g/mol. The van der Waals surface area contributed by atoms with Gasteiger partial charge in [-0.3, -0.25) is 0 Å². The van der Waals surface area contributed by atoms with E-state index < -0.39 is 0 Å². The van der Waals surface area contributed by atoms with Gasteiger partial charge in [-0.25, -0.2) is 0 Å². The highest BCUT2D eigenvalue weighted by Gasteiger charge is 2.13. The summed E-state index contributed by atoms with van der Waals surface area (Å²) in [6.45, 7) is 12.6. The molecule has 80 valence electrons. The second kappa shape index (κ2) is 5.41. The molecule has 0 heterocycles. The minimum Gasteiger partial charge on any atom is -0.0840 e. The number of aryl methyl sites for hydroxylation is 1. The van der Waals surface area contributed by atoms with Gasteiger partial charge in [0.2, 0.25) is 0 Å². The van der Waals surface area contributed by atoms with Gasteiger partial charge in [-0.1, -0.05) is 58.4 Å². The summed E-state index contributed by atoms with van der Waals surface area (Å²) in [6.07, 6.45) is 0. The maximum Gasteiger partial charge on any atom is 0.0438 e. The molecule has 1 rings (SSSR count). The van der Waals surface area contributed by atoms with Crippen LogP contribution in [0.25, 0.3) is 0 Å². The van der Waals surface area contributed by atoms with Crippen LogP contribution in [0.4, 0.5) is 0 Å². The van der Waals surface area contributed by atoms with Crippen molar-refractivity contribution in [2.75, 3.05) is 0 Å². The molecule has 0 aliphatic carbocycles. The highest BCUT2D eigenvalue weighted by atomic mass is 35.5. The normalized spacial score (nSPS) is 10.5. The number of rotatable bonds is 0. The standard InChI is InChI=1S/C11H15Cl.C2H6/c1-8-5-6-9(7-10(8)12)11(2,3)4;1-2/h5-7H,1-4H3;1-2H3.